The molecule has 0 saturated carbocycles. The maximum atomic E-state index is 13.7. The van der Waals surface area contributed by atoms with E-state index in [1.54, 1.807) is 4.68 Å². The van der Waals surface area contributed by atoms with Crippen molar-refractivity contribution >= 4 is 5.91 Å². The molecule has 0 N–H and O–H groups in total. The van der Waals surface area contributed by atoms with Crippen LogP contribution in [0.5, 0.6) is 11.5 Å². The Bertz CT molecular complexity index is 1090. The van der Waals surface area contributed by atoms with Gasteiger partial charge in [-0.05, 0) is 61.1 Å². The third-order valence-corrected chi connectivity index (χ3v) is 6.10. The van der Waals surface area contributed by atoms with Gasteiger partial charge >= 0.3 is 0 Å². The van der Waals surface area contributed by atoms with E-state index in [1.165, 1.54) is 11.1 Å². The van der Waals surface area contributed by atoms with Crippen molar-refractivity contribution in [2.24, 2.45) is 7.05 Å². The average molecular weight is 403 g/mol. The lowest BCUT2D eigenvalue weighted by atomic mass is 9.86. The first-order chi connectivity index (χ1) is 14.6. The molecule has 154 valence electrons. The van der Waals surface area contributed by atoms with Crippen LogP contribution in [-0.4, -0.2) is 27.4 Å². The number of aromatic nitrogens is 2. The molecular weight excluding hydrogens is 378 g/mol. The molecule has 1 aliphatic carbocycles. The molecule has 30 heavy (non-hydrogen) atoms. The molecule has 1 amide bonds. The minimum atomic E-state index is -0.0435. The number of rotatable bonds is 4. The zero-order valence-corrected chi connectivity index (χ0v) is 17.3. The molecule has 2 heterocycles. The molecule has 0 fully saturated rings. The van der Waals surface area contributed by atoms with E-state index in [-0.39, 0.29) is 18.7 Å². The van der Waals surface area contributed by atoms with Crippen LogP contribution in [0.1, 0.15) is 51.8 Å². The van der Waals surface area contributed by atoms with Crippen molar-refractivity contribution in [3.05, 3.63) is 76.6 Å². The first kappa shape index (κ1) is 18.7. The maximum Gasteiger partial charge on any atom is 0.275 e. The number of aryl methyl sites for hydroxylation is 3. The van der Waals surface area contributed by atoms with Crippen LogP contribution in [0.4, 0.5) is 0 Å². The first-order valence-electron chi connectivity index (χ1n) is 10.4. The summed E-state index contributed by atoms with van der Waals surface area (Å²) < 4.78 is 12.7. The molecule has 1 atom stereocenters. The Balaban J connectivity index is 1.53. The molecule has 5 rings (SSSR count). The number of ether oxygens (including phenoxy) is 2. The third-order valence-electron chi connectivity index (χ3n) is 6.10. The fourth-order valence-electron chi connectivity index (χ4n) is 4.42. The van der Waals surface area contributed by atoms with Crippen molar-refractivity contribution in [1.82, 2.24) is 14.7 Å². The summed E-state index contributed by atoms with van der Waals surface area (Å²) in [6, 6.07) is 16.3. The Morgan fingerprint density at radius 3 is 2.83 bits per heavy atom. The topological polar surface area (TPSA) is 56.6 Å². The van der Waals surface area contributed by atoms with Crippen molar-refractivity contribution in [1.29, 1.82) is 0 Å². The minimum Gasteiger partial charge on any atom is -0.454 e. The van der Waals surface area contributed by atoms with E-state index in [2.05, 4.69) is 29.4 Å². The lowest BCUT2D eigenvalue weighted by Gasteiger charge is -2.36. The van der Waals surface area contributed by atoms with E-state index in [0.29, 0.717) is 12.2 Å². The first-order valence-corrected chi connectivity index (χ1v) is 10.4. The summed E-state index contributed by atoms with van der Waals surface area (Å²) in [5.74, 6) is 1.44. The Hall–Kier alpha value is -3.28. The lowest BCUT2D eigenvalue weighted by molar-refractivity contribution is 0.0631. The molecule has 0 bridgehead atoms. The van der Waals surface area contributed by atoms with E-state index in [4.69, 9.17) is 9.47 Å². The molecule has 0 saturated heterocycles. The predicted molar refractivity (Wildman–Crippen MR) is 113 cm³/mol. The highest BCUT2D eigenvalue weighted by molar-refractivity contribution is 5.92. The average Bonchev–Trinajstić information content (AvgIpc) is 3.37. The molecule has 2 aliphatic rings. The van der Waals surface area contributed by atoms with Gasteiger partial charge in [0.15, 0.2) is 17.2 Å². The second kappa shape index (κ2) is 7.52. The highest BCUT2D eigenvalue weighted by Gasteiger charge is 2.31. The van der Waals surface area contributed by atoms with Crippen molar-refractivity contribution in [3.8, 4) is 11.5 Å². The molecule has 0 spiro atoms. The highest BCUT2D eigenvalue weighted by atomic mass is 16.7. The lowest BCUT2D eigenvalue weighted by Crippen LogP contribution is -2.36. The van der Waals surface area contributed by atoms with E-state index in [1.807, 2.05) is 43.1 Å². The zero-order chi connectivity index (χ0) is 20.7. The normalized spacial score (nSPS) is 16.9. The highest BCUT2D eigenvalue weighted by Crippen LogP contribution is 2.37. The number of fused-ring (bicyclic) bond motifs is 2. The molecule has 1 unspecified atom stereocenters. The van der Waals surface area contributed by atoms with Crippen LogP contribution in [0.25, 0.3) is 0 Å². The molecular formula is C24H25N3O3. The molecule has 3 aromatic rings. The summed E-state index contributed by atoms with van der Waals surface area (Å²) in [6.07, 6.45) is 3.06. The van der Waals surface area contributed by atoms with Gasteiger partial charge in [-0.25, -0.2) is 0 Å². The maximum absolute atomic E-state index is 13.7. The summed E-state index contributed by atoms with van der Waals surface area (Å²) in [7, 11) is 1.87. The number of carbonyl (C=O) groups is 1. The number of nitrogens with zero attached hydrogens (tertiary/aromatic N) is 3. The van der Waals surface area contributed by atoms with Gasteiger partial charge in [0.2, 0.25) is 6.79 Å². The summed E-state index contributed by atoms with van der Waals surface area (Å²) in [4.78, 5) is 15.6. The van der Waals surface area contributed by atoms with Crippen LogP contribution in [0.3, 0.4) is 0 Å². The number of amides is 1. The van der Waals surface area contributed by atoms with Crippen molar-refractivity contribution in [2.45, 2.75) is 38.8 Å². The third kappa shape index (κ3) is 3.32. The van der Waals surface area contributed by atoms with Crippen molar-refractivity contribution in [3.63, 3.8) is 0 Å². The Morgan fingerprint density at radius 1 is 1.17 bits per heavy atom. The number of hydrogen-bond donors (Lipinski definition) is 0. The fourth-order valence-corrected chi connectivity index (χ4v) is 4.42. The quantitative estimate of drug-likeness (QED) is 0.656. The molecule has 6 heteroatoms. The van der Waals surface area contributed by atoms with Crippen molar-refractivity contribution < 1.29 is 14.3 Å². The standard InChI is InChI=1S/C24H25N3O3/c1-16-12-20(25-26(16)2)24(28)27(14-17-10-11-22-23(13-17)30-15-29-22)21-9-5-7-18-6-3-4-8-19(18)21/h3-4,6,8,10-13,21H,5,7,9,14-15H2,1-2H3. The monoisotopic (exact) mass is 403 g/mol. The van der Waals surface area contributed by atoms with Crippen LogP contribution >= 0.6 is 0 Å². The Morgan fingerprint density at radius 2 is 2.00 bits per heavy atom. The van der Waals surface area contributed by atoms with Gasteiger partial charge in [0.1, 0.15) is 0 Å². The summed E-state index contributed by atoms with van der Waals surface area (Å²) in [5.41, 5.74) is 5.03. The van der Waals surface area contributed by atoms with E-state index >= 15 is 0 Å². The molecule has 1 aliphatic heterocycles. The Labute approximate surface area is 176 Å². The summed E-state index contributed by atoms with van der Waals surface area (Å²) >= 11 is 0. The van der Waals surface area contributed by atoms with Gasteiger partial charge in [0.25, 0.3) is 5.91 Å². The number of hydrogen-bond acceptors (Lipinski definition) is 4. The molecule has 6 nitrogen and oxygen atoms in total. The SMILES string of the molecule is Cc1cc(C(=O)N(Cc2ccc3c(c2)OCO3)C2CCCc3ccccc32)nn1C. The van der Waals surface area contributed by atoms with Gasteiger partial charge < -0.3 is 14.4 Å². The van der Waals surface area contributed by atoms with E-state index in [0.717, 1.165) is 42.0 Å². The number of carbonyl (C=O) groups excluding carboxylic acids is 1. The summed E-state index contributed by atoms with van der Waals surface area (Å²) in [5, 5.41) is 4.46. The summed E-state index contributed by atoms with van der Waals surface area (Å²) in [6.45, 7) is 2.69. The largest absolute Gasteiger partial charge is 0.454 e. The molecule has 2 aromatic carbocycles. The van der Waals surface area contributed by atoms with Crippen LogP contribution in [-0.2, 0) is 20.0 Å². The van der Waals surface area contributed by atoms with Crippen LogP contribution in [0.2, 0.25) is 0 Å². The van der Waals surface area contributed by atoms with Gasteiger partial charge in [0.05, 0.1) is 6.04 Å². The molecule has 0 radical (unpaired) electrons. The second-order valence-electron chi connectivity index (χ2n) is 8.02. The van der Waals surface area contributed by atoms with Crippen LogP contribution < -0.4 is 9.47 Å². The minimum absolute atomic E-state index is 0.0233. The zero-order valence-electron chi connectivity index (χ0n) is 17.3. The van der Waals surface area contributed by atoms with Crippen molar-refractivity contribution in [2.75, 3.05) is 6.79 Å². The van der Waals surface area contributed by atoms with E-state index in [9.17, 15) is 4.79 Å². The smallest absolute Gasteiger partial charge is 0.275 e. The number of benzene rings is 2. The van der Waals surface area contributed by atoms with Gasteiger partial charge in [-0.3, -0.25) is 9.48 Å². The van der Waals surface area contributed by atoms with Gasteiger partial charge in [-0.15, -0.1) is 0 Å². The van der Waals surface area contributed by atoms with Gasteiger partial charge in [-0.2, -0.15) is 5.10 Å². The van der Waals surface area contributed by atoms with Gasteiger partial charge in [-0.1, -0.05) is 30.3 Å². The second-order valence-corrected chi connectivity index (χ2v) is 8.02. The van der Waals surface area contributed by atoms with E-state index < -0.39 is 0 Å². The predicted octanol–water partition coefficient (Wildman–Crippen LogP) is 4.18. The fraction of sp³-hybridized carbons (Fsp3) is 0.333. The molecule has 1 aromatic heterocycles. The Kier molecular flexibility index (Phi) is 4.69. The van der Waals surface area contributed by atoms with Crippen LogP contribution in [0, 0.1) is 6.92 Å². The van der Waals surface area contributed by atoms with Gasteiger partial charge in [0, 0.05) is 19.3 Å². The van der Waals surface area contributed by atoms with Crippen LogP contribution in [0.15, 0.2) is 48.5 Å².